The standard InChI is InChI=1S/C34H44N4O2/c35-33(40)34(29-16-8-4-9-17-29,30-18-10-5-11-19-30)31-20-24-38(25-21-31)23-13-2-1-12-22-37-32(39)27-36-26-28-14-6-3-7-15-28/h3-11,14-19,31,36H,1-2,12-13,20-27H2,(H2,35,40)(H,37,39). The molecule has 0 spiro atoms. The number of primary amides is 1. The molecule has 6 heteroatoms. The molecule has 0 bridgehead atoms. The van der Waals surface area contributed by atoms with Gasteiger partial charge >= 0.3 is 0 Å². The van der Waals surface area contributed by atoms with E-state index in [1.165, 1.54) is 5.56 Å². The second-order valence-corrected chi connectivity index (χ2v) is 10.9. The first kappa shape index (κ1) is 29.5. The fourth-order valence-electron chi connectivity index (χ4n) is 6.14. The van der Waals surface area contributed by atoms with Gasteiger partial charge in [-0.15, -0.1) is 0 Å². The van der Waals surface area contributed by atoms with E-state index in [-0.39, 0.29) is 17.7 Å². The maximum atomic E-state index is 13.2. The minimum atomic E-state index is -0.809. The summed E-state index contributed by atoms with van der Waals surface area (Å²) in [7, 11) is 0. The summed E-state index contributed by atoms with van der Waals surface area (Å²) < 4.78 is 0. The highest BCUT2D eigenvalue weighted by molar-refractivity contribution is 5.91. The number of piperidine rings is 1. The van der Waals surface area contributed by atoms with Gasteiger partial charge in [0.2, 0.25) is 11.8 Å². The van der Waals surface area contributed by atoms with E-state index >= 15 is 0 Å². The number of carbonyl (C=O) groups excluding carboxylic acids is 2. The molecule has 1 fully saturated rings. The average molecular weight is 541 g/mol. The summed E-state index contributed by atoms with van der Waals surface area (Å²) in [6, 6.07) is 30.3. The van der Waals surface area contributed by atoms with Crippen LogP contribution in [0.2, 0.25) is 0 Å². The SMILES string of the molecule is NC(=O)C(c1ccccc1)(c1ccccc1)C1CCN(CCCCCCNC(=O)CNCc2ccccc2)CC1. The molecule has 0 radical (unpaired) electrons. The molecule has 2 amide bonds. The van der Waals surface area contributed by atoms with Crippen LogP contribution in [-0.2, 0) is 21.5 Å². The van der Waals surface area contributed by atoms with Crippen molar-refractivity contribution < 1.29 is 9.59 Å². The van der Waals surface area contributed by atoms with Crippen molar-refractivity contribution in [2.24, 2.45) is 11.7 Å². The van der Waals surface area contributed by atoms with Gasteiger partial charge in [0.15, 0.2) is 0 Å². The number of amides is 2. The predicted molar refractivity (Wildman–Crippen MR) is 162 cm³/mol. The van der Waals surface area contributed by atoms with Crippen molar-refractivity contribution in [2.45, 2.75) is 50.5 Å². The number of nitrogens with two attached hydrogens (primary N) is 1. The summed E-state index contributed by atoms with van der Waals surface area (Å²) in [5.74, 6) is -0.0453. The van der Waals surface area contributed by atoms with Gasteiger partial charge < -0.3 is 21.3 Å². The molecule has 6 nitrogen and oxygen atoms in total. The van der Waals surface area contributed by atoms with Crippen LogP contribution in [0, 0.1) is 5.92 Å². The maximum absolute atomic E-state index is 13.2. The number of nitrogens with one attached hydrogen (secondary N) is 2. The van der Waals surface area contributed by atoms with Gasteiger partial charge in [0, 0.05) is 13.1 Å². The van der Waals surface area contributed by atoms with Crippen molar-refractivity contribution >= 4 is 11.8 Å². The molecule has 1 saturated heterocycles. The Balaban J connectivity index is 1.16. The van der Waals surface area contributed by atoms with Crippen LogP contribution in [-0.4, -0.2) is 49.4 Å². The van der Waals surface area contributed by atoms with E-state index in [1.807, 2.05) is 78.9 Å². The van der Waals surface area contributed by atoms with E-state index < -0.39 is 5.41 Å². The molecule has 3 aromatic carbocycles. The topological polar surface area (TPSA) is 87.5 Å². The van der Waals surface area contributed by atoms with Gasteiger partial charge in [-0.1, -0.05) is 104 Å². The molecule has 0 aliphatic carbocycles. The zero-order chi connectivity index (χ0) is 28.0. The van der Waals surface area contributed by atoms with Crippen molar-refractivity contribution in [3.63, 3.8) is 0 Å². The average Bonchev–Trinajstić information content (AvgIpc) is 2.99. The monoisotopic (exact) mass is 540 g/mol. The van der Waals surface area contributed by atoms with E-state index in [4.69, 9.17) is 5.73 Å². The Hall–Kier alpha value is -3.48. The van der Waals surface area contributed by atoms with Gasteiger partial charge in [-0.05, 0) is 67.9 Å². The largest absolute Gasteiger partial charge is 0.369 e. The Morgan fingerprint density at radius 1 is 0.775 bits per heavy atom. The van der Waals surface area contributed by atoms with Crippen molar-refractivity contribution in [2.75, 3.05) is 32.7 Å². The summed E-state index contributed by atoms with van der Waals surface area (Å²) >= 11 is 0. The van der Waals surface area contributed by atoms with Crippen molar-refractivity contribution in [3.8, 4) is 0 Å². The Kier molecular flexibility index (Phi) is 11.3. The smallest absolute Gasteiger partial charge is 0.233 e. The second kappa shape index (κ2) is 15.3. The molecule has 40 heavy (non-hydrogen) atoms. The normalized spacial score (nSPS) is 14.6. The molecule has 0 unspecified atom stereocenters. The highest BCUT2D eigenvalue weighted by atomic mass is 16.2. The van der Waals surface area contributed by atoms with Crippen LogP contribution in [0.4, 0.5) is 0 Å². The molecule has 4 N–H and O–H groups in total. The van der Waals surface area contributed by atoms with E-state index in [0.717, 1.165) is 75.8 Å². The molecule has 4 rings (SSSR count). The number of rotatable bonds is 15. The van der Waals surface area contributed by atoms with Crippen LogP contribution in [0.3, 0.4) is 0 Å². The third-order valence-corrected chi connectivity index (χ3v) is 8.23. The molecular weight excluding hydrogens is 496 g/mol. The highest BCUT2D eigenvalue weighted by Gasteiger charge is 2.47. The fraction of sp³-hybridized carbons (Fsp3) is 0.412. The lowest BCUT2D eigenvalue weighted by Gasteiger charge is -2.43. The lowest BCUT2D eigenvalue weighted by atomic mass is 9.62. The van der Waals surface area contributed by atoms with Gasteiger partial charge in [-0.3, -0.25) is 9.59 Å². The van der Waals surface area contributed by atoms with Crippen LogP contribution >= 0.6 is 0 Å². The second-order valence-electron chi connectivity index (χ2n) is 10.9. The molecule has 0 atom stereocenters. The lowest BCUT2D eigenvalue weighted by molar-refractivity contribution is -0.124. The highest BCUT2D eigenvalue weighted by Crippen LogP contribution is 2.44. The summed E-state index contributed by atoms with van der Waals surface area (Å²) in [5.41, 5.74) is 8.58. The number of hydrogen-bond donors (Lipinski definition) is 3. The van der Waals surface area contributed by atoms with E-state index in [2.05, 4.69) is 27.7 Å². The molecule has 1 aliphatic rings. The van der Waals surface area contributed by atoms with Crippen molar-refractivity contribution in [3.05, 3.63) is 108 Å². The van der Waals surface area contributed by atoms with Crippen molar-refractivity contribution in [1.29, 1.82) is 0 Å². The number of benzene rings is 3. The number of carbonyl (C=O) groups is 2. The number of unbranched alkanes of at least 4 members (excludes halogenated alkanes) is 3. The van der Waals surface area contributed by atoms with Crippen LogP contribution in [0.5, 0.6) is 0 Å². The minimum Gasteiger partial charge on any atom is -0.369 e. The summed E-state index contributed by atoms with van der Waals surface area (Å²) in [4.78, 5) is 27.8. The Labute approximate surface area is 239 Å². The molecule has 0 aromatic heterocycles. The van der Waals surface area contributed by atoms with Gasteiger partial charge in [0.1, 0.15) is 5.41 Å². The summed E-state index contributed by atoms with van der Waals surface area (Å²) in [6.45, 7) is 4.80. The first-order chi connectivity index (χ1) is 19.6. The molecule has 3 aromatic rings. The summed E-state index contributed by atoms with van der Waals surface area (Å²) in [5, 5.41) is 6.21. The van der Waals surface area contributed by atoms with Crippen molar-refractivity contribution in [1.82, 2.24) is 15.5 Å². The van der Waals surface area contributed by atoms with E-state index in [0.29, 0.717) is 13.1 Å². The third kappa shape index (κ3) is 7.80. The maximum Gasteiger partial charge on any atom is 0.233 e. The van der Waals surface area contributed by atoms with Gasteiger partial charge in [-0.2, -0.15) is 0 Å². The molecule has 212 valence electrons. The first-order valence-electron chi connectivity index (χ1n) is 14.8. The van der Waals surface area contributed by atoms with Crippen LogP contribution in [0.15, 0.2) is 91.0 Å². The number of nitrogens with zero attached hydrogens (tertiary/aromatic N) is 1. The molecule has 1 heterocycles. The van der Waals surface area contributed by atoms with Crippen LogP contribution in [0.25, 0.3) is 0 Å². The lowest BCUT2D eigenvalue weighted by Crippen LogP contribution is -2.51. The quantitative estimate of drug-likeness (QED) is 0.245. The Bertz CT molecular complexity index is 1120. The zero-order valence-corrected chi connectivity index (χ0v) is 23.6. The van der Waals surface area contributed by atoms with Gasteiger partial charge in [-0.25, -0.2) is 0 Å². The molecular formula is C34H44N4O2. The summed E-state index contributed by atoms with van der Waals surface area (Å²) in [6.07, 6.45) is 6.30. The van der Waals surface area contributed by atoms with Crippen LogP contribution in [0.1, 0.15) is 55.2 Å². The first-order valence-corrected chi connectivity index (χ1v) is 14.8. The van der Waals surface area contributed by atoms with Gasteiger partial charge in [0.05, 0.1) is 6.54 Å². The van der Waals surface area contributed by atoms with Gasteiger partial charge in [0.25, 0.3) is 0 Å². The Morgan fingerprint density at radius 2 is 1.32 bits per heavy atom. The molecule has 0 saturated carbocycles. The predicted octanol–water partition coefficient (Wildman–Crippen LogP) is 4.64. The van der Waals surface area contributed by atoms with Crippen LogP contribution < -0.4 is 16.4 Å². The van der Waals surface area contributed by atoms with E-state index in [9.17, 15) is 9.59 Å². The minimum absolute atomic E-state index is 0.0526. The number of likely N-dealkylation sites (tertiary alicyclic amines) is 1. The zero-order valence-electron chi connectivity index (χ0n) is 23.6. The number of hydrogen-bond acceptors (Lipinski definition) is 4. The third-order valence-electron chi connectivity index (χ3n) is 8.23. The van der Waals surface area contributed by atoms with E-state index in [1.54, 1.807) is 0 Å². The Morgan fingerprint density at radius 3 is 1.90 bits per heavy atom. The fourth-order valence-corrected chi connectivity index (χ4v) is 6.14. The molecule has 1 aliphatic heterocycles.